The number of aliphatic hydroxyl groups is 2. The molecule has 2 aliphatic carbocycles. The van der Waals surface area contributed by atoms with Gasteiger partial charge in [-0.1, -0.05) is 6.92 Å². The van der Waals surface area contributed by atoms with E-state index in [9.17, 15) is 19.0 Å². The highest BCUT2D eigenvalue weighted by Gasteiger charge is 2.65. The Bertz CT molecular complexity index is 262. The first-order valence-corrected chi connectivity index (χ1v) is 6.04. The van der Waals surface area contributed by atoms with Crippen LogP contribution in [-0.4, -0.2) is 28.3 Å². The standard InChI is InChI=1S/C12H20F2O2/c1-9-2-4-11(16,5-3-9)10(8-15)6-12(13,14)7-10/h9,15-16H,2-8H2,1H3. The number of hydrogen-bond donors (Lipinski definition) is 2. The minimum Gasteiger partial charge on any atom is -0.396 e. The molecule has 2 rings (SSSR count). The van der Waals surface area contributed by atoms with E-state index in [2.05, 4.69) is 6.92 Å². The minimum atomic E-state index is -2.69. The highest BCUT2D eigenvalue weighted by atomic mass is 19.3. The highest BCUT2D eigenvalue weighted by Crippen LogP contribution is 2.60. The number of aliphatic hydroxyl groups excluding tert-OH is 1. The first-order valence-electron chi connectivity index (χ1n) is 6.04. The molecule has 0 aliphatic heterocycles. The van der Waals surface area contributed by atoms with Crippen LogP contribution >= 0.6 is 0 Å². The molecule has 0 atom stereocenters. The van der Waals surface area contributed by atoms with Crippen molar-refractivity contribution >= 4 is 0 Å². The Morgan fingerprint density at radius 3 is 2.06 bits per heavy atom. The van der Waals surface area contributed by atoms with E-state index in [1.54, 1.807) is 0 Å². The van der Waals surface area contributed by atoms with E-state index in [0.29, 0.717) is 18.8 Å². The van der Waals surface area contributed by atoms with Crippen LogP contribution in [-0.2, 0) is 0 Å². The van der Waals surface area contributed by atoms with Gasteiger partial charge in [0.15, 0.2) is 0 Å². The third kappa shape index (κ3) is 1.76. The van der Waals surface area contributed by atoms with Crippen molar-refractivity contribution < 1.29 is 19.0 Å². The number of hydrogen-bond acceptors (Lipinski definition) is 2. The summed E-state index contributed by atoms with van der Waals surface area (Å²) in [4.78, 5) is 0. The molecule has 4 heteroatoms. The molecule has 0 amide bonds. The molecule has 2 saturated carbocycles. The van der Waals surface area contributed by atoms with Crippen molar-refractivity contribution in [3.05, 3.63) is 0 Å². The Kier molecular flexibility index (Phi) is 2.78. The van der Waals surface area contributed by atoms with Crippen molar-refractivity contribution in [3.8, 4) is 0 Å². The van der Waals surface area contributed by atoms with E-state index in [1.165, 1.54) is 0 Å². The first-order chi connectivity index (χ1) is 7.33. The van der Waals surface area contributed by atoms with Crippen molar-refractivity contribution in [1.82, 2.24) is 0 Å². The van der Waals surface area contributed by atoms with Crippen LogP contribution in [0, 0.1) is 11.3 Å². The van der Waals surface area contributed by atoms with Crippen molar-refractivity contribution in [1.29, 1.82) is 0 Å². The van der Waals surface area contributed by atoms with Crippen LogP contribution in [0.25, 0.3) is 0 Å². The van der Waals surface area contributed by atoms with Gasteiger partial charge in [0.25, 0.3) is 0 Å². The molecule has 2 nitrogen and oxygen atoms in total. The second kappa shape index (κ2) is 3.64. The maximum absolute atomic E-state index is 13.0. The smallest absolute Gasteiger partial charge is 0.249 e. The molecule has 2 fully saturated rings. The summed E-state index contributed by atoms with van der Waals surface area (Å²) in [6, 6.07) is 0. The predicted octanol–water partition coefficient (Wildman–Crippen LogP) is 2.34. The molecule has 0 saturated heterocycles. The van der Waals surface area contributed by atoms with Crippen molar-refractivity contribution in [2.75, 3.05) is 6.61 Å². The molecular formula is C12H20F2O2. The number of rotatable bonds is 2. The normalized spacial score (nSPS) is 41.4. The summed E-state index contributed by atoms with van der Waals surface area (Å²) in [6.45, 7) is 1.79. The zero-order valence-electron chi connectivity index (χ0n) is 9.68. The summed E-state index contributed by atoms with van der Waals surface area (Å²) < 4.78 is 26.0. The van der Waals surface area contributed by atoms with Gasteiger partial charge in [0.2, 0.25) is 5.92 Å². The fourth-order valence-electron chi connectivity index (χ4n) is 3.30. The van der Waals surface area contributed by atoms with E-state index >= 15 is 0 Å². The average molecular weight is 234 g/mol. The van der Waals surface area contributed by atoms with Gasteiger partial charge in [-0.2, -0.15) is 0 Å². The molecule has 2 N–H and O–H groups in total. The SMILES string of the molecule is CC1CCC(O)(C2(CO)CC(F)(F)C2)CC1. The molecule has 0 heterocycles. The third-order valence-electron chi connectivity index (χ3n) is 4.59. The van der Waals surface area contributed by atoms with Gasteiger partial charge in [0, 0.05) is 18.3 Å². The Hall–Kier alpha value is -0.220. The lowest BCUT2D eigenvalue weighted by Gasteiger charge is -2.57. The number of alkyl halides is 2. The first kappa shape index (κ1) is 12.2. The Balaban J connectivity index is 2.10. The Morgan fingerprint density at radius 2 is 1.69 bits per heavy atom. The summed E-state index contributed by atoms with van der Waals surface area (Å²) in [6.07, 6.45) is 2.10. The molecule has 0 spiro atoms. The van der Waals surface area contributed by atoms with Crippen molar-refractivity contribution in [3.63, 3.8) is 0 Å². The summed E-state index contributed by atoms with van der Waals surface area (Å²) in [7, 11) is 0. The maximum atomic E-state index is 13.0. The molecule has 2 aliphatic rings. The van der Waals surface area contributed by atoms with Crippen molar-refractivity contribution in [2.45, 2.75) is 57.0 Å². The summed E-state index contributed by atoms with van der Waals surface area (Å²) in [5, 5.41) is 19.9. The lowest BCUT2D eigenvalue weighted by molar-refractivity contribution is -0.261. The van der Waals surface area contributed by atoms with Gasteiger partial charge in [-0.25, -0.2) is 8.78 Å². The van der Waals surface area contributed by atoms with E-state index < -0.39 is 16.9 Å². The zero-order valence-corrected chi connectivity index (χ0v) is 9.68. The Labute approximate surface area is 94.7 Å². The van der Waals surface area contributed by atoms with Crippen LogP contribution in [0.5, 0.6) is 0 Å². The van der Waals surface area contributed by atoms with Crippen LogP contribution in [0.4, 0.5) is 8.78 Å². The van der Waals surface area contributed by atoms with Gasteiger partial charge >= 0.3 is 0 Å². The van der Waals surface area contributed by atoms with Gasteiger partial charge in [0.05, 0.1) is 12.2 Å². The second-order valence-corrected chi connectivity index (χ2v) is 5.86. The average Bonchev–Trinajstić information content (AvgIpc) is 2.18. The van der Waals surface area contributed by atoms with Crippen LogP contribution < -0.4 is 0 Å². The fraction of sp³-hybridized carbons (Fsp3) is 1.00. The van der Waals surface area contributed by atoms with Crippen LogP contribution in [0.15, 0.2) is 0 Å². The summed E-state index contributed by atoms with van der Waals surface area (Å²) in [5.41, 5.74) is -2.02. The van der Waals surface area contributed by atoms with E-state index in [4.69, 9.17) is 0 Å². The second-order valence-electron chi connectivity index (χ2n) is 5.86. The predicted molar refractivity (Wildman–Crippen MR) is 56.3 cm³/mol. The molecule has 0 unspecified atom stereocenters. The van der Waals surface area contributed by atoms with Crippen LogP contribution in [0.2, 0.25) is 0 Å². The highest BCUT2D eigenvalue weighted by molar-refractivity contribution is 5.11. The summed E-state index contributed by atoms with van der Waals surface area (Å²) >= 11 is 0. The minimum absolute atomic E-state index is 0.326. The number of halogens is 2. The molecule has 0 aromatic carbocycles. The summed E-state index contributed by atoms with van der Waals surface area (Å²) in [5.74, 6) is -2.14. The molecule has 0 radical (unpaired) electrons. The molecule has 0 aromatic rings. The molecular weight excluding hydrogens is 214 g/mol. The maximum Gasteiger partial charge on any atom is 0.249 e. The monoisotopic (exact) mass is 234 g/mol. The van der Waals surface area contributed by atoms with E-state index in [1.807, 2.05) is 0 Å². The zero-order chi connectivity index (χ0) is 12.0. The largest absolute Gasteiger partial charge is 0.396 e. The molecule has 0 aromatic heterocycles. The van der Waals surface area contributed by atoms with E-state index in [0.717, 1.165) is 12.8 Å². The van der Waals surface area contributed by atoms with Crippen molar-refractivity contribution in [2.24, 2.45) is 11.3 Å². The molecule has 94 valence electrons. The quantitative estimate of drug-likeness (QED) is 0.770. The van der Waals surface area contributed by atoms with E-state index in [-0.39, 0.29) is 19.4 Å². The van der Waals surface area contributed by atoms with Gasteiger partial charge in [-0.05, 0) is 31.6 Å². The molecule has 16 heavy (non-hydrogen) atoms. The lowest BCUT2D eigenvalue weighted by Crippen LogP contribution is -2.63. The Morgan fingerprint density at radius 1 is 1.19 bits per heavy atom. The third-order valence-corrected chi connectivity index (χ3v) is 4.59. The van der Waals surface area contributed by atoms with Crippen LogP contribution in [0.1, 0.15) is 45.4 Å². The fourth-order valence-corrected chi connectivity index (χ4v) is 3.30. The molecule has 0 bridgehead atoms. The van der Waals surface area contributed by atoms with Gasteiger partial charge < -0.3 is 10.2 Å². The van der Waals surface area contributed by atoms with Gasteiger partial charge in [-0.15, -0.1) is 0 Å². The lowest BCUT2D eigenvalue weighted by atomic mass is 9.53. The van der Waals surface area contributed by atoms with Gasteiger partial charge in [0.1, 0.15) is 0 Å². The van der Waals surface area contributed by atoms with Gasteiger partial charge in [-0.3, -0.25) is 0 Å². The topological polar surface area (TPSA) is 40.5 Å². The van der Waals surface area contributed by atoms with Crippen LogP contribution in [0.3, 0.4) is 0 Å².